The summed E-state index contributed by atoms with van der Waals surface area (Å²) in [5, 5.41) is 11.5. The standard InChI is InChI=1S/C14H24N2O5/c1-13(2,3)21-10(17)7-9(11(18)19)16-12(20)14(4,15)8-5-6-8/h8-9H,5-7,15H2,1-4H3,(H,16,20)(H,18,19)/t9-,14?/m0/s1. The topological polar surface area (TPSA) is 119 Å². The van der Waals surface area contributed by atoms with Gasteiger partial charge in [-0.05, 0) is 46.5 Å². The molecule has 0 aliphatic heterocycles. The van der Waals surface area contributed by atoms with Crippen LogP contribution in [0.5, 0.6) is 0 Å². The Bertz CT molecular complexity index is 435. The lowest BCUT2D eigenvalue weighted by atomic mass is 9.95. The number of hydrogen-bond donors (Lipinski definition) is 3. The lowest BCUT2D eigenvalue weighted by Crippen LogP contribution is -2.57. The Kier molecular flexibility index (Phi) is 4.99. The number of rotatable bonds is 6. The predicted molar refractivity (Wildman–Crippen MR) is 75.3 cm³/mol. The van der Waals surface area contributed by atoms with E-state index in [1.54, 1.807) is 27.7 Å². The third-order valence-corrected chi connectivity index (χ3v) is 3.31. The number of carbonyl (C=O) groups excluding carboxylic acids is 2. The van der Waals surface area contributed by atoms with Crippen LogP contribution in [0.1, 0.15) is 47.0 Å². The molecule has 0 aromatic carbocycles. The highest BCUT2D eigenvalue weighted by Crippen LogP contribution is 2.38. The van der Waals surface area contributed by atoms with Gasteiger partial charge in [0.15, 0.2) is 0 Å². The average Bonchev–Trinajstić information content (AvgIpc) is 3.08. The number of carboxylic acids is 1. The summed E-state index contributed by atoms with van der Waals surface area (Å²) < 4.78 is 5.06. The second-order valence-corrected chi connectivity index (χ2v) is 6.71. The molecule has 0 spiro atoms. The summed E-state index contributed by atoms with van der Waals surface area (Å²) in [6.07, 6.45) is 1.27. The first-order valence-electron chi connectivity index (χ1n) is 6.98. The zero-order chi connectivity index (χ0) is 16.4. The Morgan fingerprint density at radius 1 is 1.29 bits per heavy atom. The molecule has 7 nitrogen and oxygen atoms in total. The average molecular weight is 300 g/mol. The van der Waals surface area contributed by atoms with E-state index < -0.39 is 41.4 Å². The molecule has 0 bridgehead atoms. The van der Waals surface area contributed by atoms with Gasteiger partial charge in [-0.25, -0.2) is 4.79 Å². The summed E-state index contributed by atoms with van der Waals surface area (Å²) >= 11 is 0. The van der Waals surface area contributed by atoms with Crippen molar-refractivity contribution in [3.05, 3.63) is 0 Å². The van der Waals surface area contributed by atoms with Gasteiger partial charge in [0.1, 0.15) is 11.6 Å². The zero-order valence-corrected chi connectivity index (χ0v) is 12.9. The molecule has 0 radical (unpaired) electrons. The van der Waals surface area contributed by atoms with E-state index in [1.807, 2.05) is 0 Å². The Hall–Kier alpha value is -1.63. The third kappa shape index (κ3) is 5.34. The van der Waals surface area contributed by atoms with Gasteiger partial charge in [-0.1, -0.05) is 0 Å². The molecule has 7 heteroatoms. The fraction of sp³-hybridized carbons (Fsp3) is 0.786. The van der Waals surface area contributed by atoms with E-state index in [0.717, 1.165) is 12.8 Å². The van der Waals surface area contributed by atoms with E-state index in [-0.39, 0.29) is 5.92 Å². The van der Waals surface area contributed by atoms with Gasteiger partial charge in [-0.15, -0.1) is 0 Å². The lowest BCUT2D eigenvalue weighted by Gasteiger charge is -2.26. The molecule has 2 atom stereocenters. The van der Waals surface area contributed by atoms with Crippen LogP contribution < -0.4 is 11.1 Å². The van der Waals surface area contributed by atoms with Crippen molar-refractivity contribution in [3.8, 4) is 0 Å². The molecule has 120 valence electrons. The first kappa shape index (κ1) is 17.4. The van der Waals surface area contributed by atoms with Gasteiger partial charge in [0, 0.05) is 0 Å². The van der Waals surface area contributed by atoms with Crippen LogP contribution in [0.2, 0.25) is 0 Å². The van der Waals surface area contributed by atoms with Crippen molar-refractivity contribution < 1.29 is 24.2 Å². The summed E-state index contributed by atoms with van der Waals surface area (Å²) in [6.45, 7) is 6.63. The molecule has 1 fully saturated rings. The highest BCUT2D eigenvalue weighted by atomic mass is 16.6. The molecule has 4 N–H and O–H groups in total. The Morgan fingerprint density at radius 3 is 2.19 bits per heavy atom. The molecule has 0 aromatic heterocycles. The summed E-state index contributed by atoms with van der Waals surface area (Å²) in [7, 11) is 0. The van der Waals surface area contributed by atoms with Gasteiger partial charge in [0.25, 0.3) is 0 Å². The van der Waals surface area contributed by atoms with Crippen LogP contribution >= 0.6 is 0 Å². The van der Waals surface area contributed by atoms with Gasteiger partial charge < -0.3 is 20.9 Å². The Labute approximate surface area is 124 Å². The van der Waals surface area contributed by atoms with Crippen LogP contribution in [0.25, 0.3) is 0 Å². The summed E-state index contributed by atoms with van der Waals surface area (Å²) in [4.78, 5) is 34.9. The van der Waals surface area contributed by atoms with Crippen molar-refractivity contribution in [2.75, 3.05) is 0 Å². The predicted octanol–water partition coefficient (Wildman–Crippen LogP) is 0.415. The van der Waals surface area contributed by atoms with Crippen molar-refractivity contribution >= 4 is 17.8 Å². The van der Waals surface area contributed by atoms with E-state index >= 15 is 0 Å². The van der Waals surface area contributed by atoms with E-state index in [1.165, 1.54) is 0 Å². The molecule has 1 aliphatic carbocycles. The fourth-order valence-electron chi connectivity index (χ4n) is 1.93. The van der Waals surface area contributed by atoms with Crippen molar-refractivity contribution in [1.29, 1.82) is 0 Å². The van der Waals surface area contributed by atoms with Crippen LogP contribution in [-0.2, 0) is 19.1 Å². The van der Waals surface area contributed by atoms with Crippen LogP contribution in [0.15, 0.2) is 0 Å². The summed E-state index contributed by atoms with van der Waals surface area (Å²) in [6, 6.07) is -1.34. The number of ether oxygens (including phenoxy) is 1. The molecular formula is C14H24N2O5. The second-order valence-electron chi connectivity index (χ2n) is 6.71. The lowest BCUT2D eigenvalue weighted by molar-refractivity contribution is -0.158. The maximum absolute atomic E-state index is 12.1. The van der Waals surface area contributed by atoms with Gasteiger partial charge in [0.2, 0.25) is 5.91 Å². The fourth-order valence-corrected chi connectivity index (χ4v) is 1.93. The Balaban J connectivity index is 2.64. The van der Waals surface area contributed by atoms with E-state index in [9.17, 15) is 14.4 Å². The smallest absolute Gasteiger partial charge is 0.326 e. The molecule has 0 aromatic rings. The van der Waals surface area contributed by atoms with E-state index in [2.05, 4.69) is 5.32 Å². The number of amides is 1. The molecule has 1 amide bonds. The zero-order valence-electron chi connectivity index (χ0n) is 12.9. The third-order valence-electron chi connectivity index (χ3n) is 3.31. The van der Waals surface area contributed by atoms with Crippen molar-refractivity contribution in [2.45, 2.75) is 64.1 Å². The summed E-state index contributed by atoms with van der Waals surface area (Å²) in [5.41, 5.74) is 4.11. The SMILES string of the molecule is CC(C)(C)OC(=O)C[C@H](NC(=O)C(C)(N)C1CC1)C(=O)O. The Morgan fingerprint density at radius 2 is 1.81 bits per heavy atom. The van der Waals surface area contributed by atoms with E-state index in [0.29, 0.717) is 0 Å². The maximum Gasteiger partial charge on any atom is 0.326 e. The highest BCUT2D eigenvalue weighted by Gasteiger charge is 2.45. The monoisotopic (exact) mass is 300 g/mol. The van der Waals surface area contributed by atoms with Crippen molar-refractivity contribution in [3.63, 3.8) is 0 Å². The number of esters is 1. The molecule has 1 rings (SSSR count). The quantitative estimate of drug-likeness (QED) is 0.611. The van der Waals surface area contributed by atoms with Gasteiger partial charge in [0.05, 0.1) is 12.0 Å². The van der Waals surface area contributed by atoms with Crippen LogP contribution in [0.4, 0.5) is 0 Å². The van der Waals surface area contributed by atoms with Gasteiger partial charge in [-0.3, -0.25) is 9.59 Å². The minimum Gasteiger partial charge on any atom is -0.480 e. The molecule has 21 heavy (non-hydrogen) atoms. The normalized spacial score (nSPS) is 19.3. The molecule has 1 aliphatic rings. The van der Waals surface area contributed by atoms with Crippen molar-refractivity contribution in [1.82, 2.24) is 5.32 Å². The largest absolute Gasteiger partial charge is 0.480 e. The minimum absolute atomic E-state index is 0.0634. The van der Waals surface area contributed by atoms with Crippen LogP contribution in [0.3, 0.4) is 0 Å². The van der Waals surface area contributed by atoms with Crippen molar-refractivity contribution in [2.24, 2.45) is 11.7 Å². The minimum atomic E-state index is -1.34. The van der Waals surface area contributed by atoms with Crippen LogP contribution in [0, 0.1) is 5.92 Å². The van der Waals surface area contributed by atoms with Crippen LogP contribution in [-0.4, -0.2) is 40.1 Å². The highest BCUT2D eigenvalue weighted by molar-refractivity contribution is 5.91. The number of nitrogens with two attached hydrogens (primary N) is 1. The number of nitrogens with one attached hydrogen (secondary N) is 1. The first-order valence-corrected chi connectivity index (χ1v) is 6.98. The summed E-state index contributed by atoms with van der Waals surface area (Å²) in [5.74, 6) is -2.46. The second kappa shape index (κ2) is 6.01. The molecule has 0 heterocycles. The maximum atomic E-state index is 12.1. The molecule has 1 saturated carbocycles. The van der Waals surface area contributed by atoms with Gasteiger partial charge in [-0.2, -0.15) is 0 Å². The van der Waals surface area contributed by atoms with E-state index in [4.69, 9.17) is 15.6 Å². The van der Waals surface area contributed by atoms with Gasteiger partial charge >= 0.3 is 11.9 Å². The number of aliphatic carboxylic acids is 1. The number of carboxylic acid groups (broad SMARTS) is 1. The molecular weight excluding hydrogens is 276 g/mol. The molecule has 0 saturated heterocycles. The first-order chi connectivity index (χ1) is 9.43. The molecule has 1 unspecified atom stereocenters. The number of hydrogen-bond acceptors (Lipinski definition) is 5. The number of carbonyl (C=O) groups is 3.